The highest BCUT2D eigenvalue weighted by molar-refractivity contribution is 6.04. The normalized spacial score (nSPS) is 30.2. The van der Waals surface area contributed by atoms with Crippen molar-refractivity contribution in [2.45, 2.75) is 45.1 Å². The van der Waals surface area contributed by atoms with E-state index in [1.54, 1.807) is 29.2 Å². The van der Waals surface area contributed by atoms with Crippen LogP contribution in [-0.4, -0.2) is 69.3 Å². The van der Waals surface area contributed by atoms with Crippen molar-refractivity contribution >= 4 is 22.6 Å². The van der Waals surface area contributed by atoms with E-state index in [4.69, 9.17) is 0 Å². The van der Waals surface area contributed by atoms with E-state index in [2.05, 4.69) is 5.10 Å². The summed E-state index contributed by atoms with van der Waals surface area (Å²) in [5, 5.41) is 14.6. The van der Waals surface area contributed by atoms with Gasteiger partial charge in [-0.05, 0) is 62.3 Å². The third-order valence-electron chi connectivity index (χ3n) is 8.73. The second-order valence-corrected chi connectivity index (χ2v) is 10.9. The number of aliphatic hydroxyl groups excluding tert-OH is 1. The number of carbonyl (C=O) groups excluding carboxylic acids is 2. The van der Waals surface area contributed by atoms with Crippen LogP contribution in [0.15, 0.2) is 29.1 Å². The molecule has 2 aromatic rings. The van der Waals surface area contributed by atoms with Crippen molar-refractivity contribution in [2.75, 3.05) is 32.8 Å². The van der Waals surface area contributed by atoms with E-state index in [1.807, 2.05) is 4.90 Å². The van der Waals surface area contributed by atoms with Crippen LogP contribution in [0.5, 0.6) is 0 Å². The van der Waals surface area contributed by atoms with Gasteiger partial charge in [0, 0.05) is 31.6 Å². The smallest absolute Gasteiger partial charge is 0.275 e. The maximum atomic E-state index is 13.7. The Bertz CT molecular complexity index is 1160. The summed E-state index contributed by atoms with van der Waals surface area (Å²) in [7, 11) is 0. The molecule has 5 fully saturated rings. The predicted molar refractivity (Wildman–Crippen MR) is 126 cm³/mol. The van der Waals surface area contributed by atoms with Crippen LogP contribution in [0.1, 0.15) is 49.0 Å². The van der Waals surface area contributed by atoms with Crippen LogP contribution < -0.4 is 5.56 Å². The molecule has 5 aliphatic rings. The average molecular weight is 465 g/mol. The third-order valence-corrected chi connectivity index (χ3v) is 8.73. The van der Waals surface area contributed by atoms with Crippen LogP contribution in [0.25, 0.3) is 10.8 Å². The Balaban J connectivity index is 1.20. The summed E-state index contributed by atoms with van der Waals surface area (Å²) in [5.74, 6) is 2.27. The molecule has 8 nitrogen and oxygen atoms in total. The van der Waals surface area contributed by atoms with E-state index < -0.39 is 0 Å². The first kappa shape index (κ1) is 21.8. The summed E-state index contributed by atoms with van der Waals surface area (Å²) in [5.41, 5.74) is -0.241. The quantitative estimate of drug-likeness (QED) is 0.746. The number of piperazine rings is 1. The summed E-state index contributed by atoms with van der Waals surface area (Å²) < 4.78 is 1.17. The lowest BCUT2D eigenvalue weighted by atomic mass is 9.49. The second-order valence-electron chi connectivity index (χ2n) is 10.9. The molecular formula is C26H32N4O4. The molecule has 1 aromatic heterocycles. The molecule has 1 aromatic carbocycles. The molecule has 0 unspecified atom stereocenters. The summed E-state index contributed by atoms with van der Waals surface area (Å²) in [6.45, 7) is 1.82. The van der Waals surface area contributed by atoms with Crippen LogP contribution in [0, 0.1) is 23.2 Å². The molecule has 0 atom stereocenters. The van der Waals surface area contributed by atoms with Crippen LogP contribution in [0.4, 0.5) is 0 Å². The van der Waals surface area contributed by atoms with Gasteiger partial charge >= 0.3 is 0 Å². The van der Waals surface area contributed by atoms with Crippen molar-refractivity contribution in [3.63, 3.8) is 0 Å². The fraction of sp³-hybridized carbons (Fsp3) is 0.615. The van der Waals surface area contributed by atoms with Gasteiger partial charge in [-0.2, -0.15) is 5.10 Å². The molecule has 7 rings (SSSR count). The largest absolute Gasteiger partial charge is 0.394 e. The van der Waals surface area contributed by atoms with Crippen molar-refractivity contribution < 1.29 is 14.7 Å². The average Bonchev–Trinajstić information content (AvgIpc) is 2.84. The van der Waals surface area contributed by atoms with Crippen molar-refractivity contribution in [3.05, 3.63) is 40.3 Å². The van der Waals surface area contributed by atoms with Crippen molar-refractivity contribution in [2.24, 2.45) is 23.2 Å². The Labute approximate surface area is 198 Å². The number of hydrogen-bond donors (Lipinski definition) is 1. The monoisotopic (exact) mass is 464 g/mol. The number of amides is 2. The fourth-order valence-corrected chi connectivity index (χ4v) is 7.61. The molecule has 180 valence electrons. The summed E-state index contributed by atoms with van der Waals surface area (Å²) >= 11 is 0. The van der Waals surface area contributed by atoms with Gasteiger partial charge in [-0.1, -0.05) is 18.2 Å². The van der Waals surface area contributed by atoms with E-state index in [-0.39, 0.29) is 35.7 Å². The molecular weight excluding hydrogens is 432 g/mol. The first-order valence-corrected chi connectivity index (χ1v) is 12.7. The number of aliphatic hydroxyl groups is 1. The van der Waals surface area contributed by atoms with E-state index in [0.29, 0.717) is 42.9 Å². The van der Waals surface area contributed by atoms with Gasteiger partial charge in [-0.3, -0.25) is 14.4 Å². The number of nitrogens with zero attached hydrogens (tertiary/aromatic N) is 4. The molecule has 4 bridgehead atoms. The maximum absolute atomic E-state index is 13.7. The number of aromatic nitrogens is 2. The third kappa shape index (κ3) is 3.45. The van der Waals surface area contributed by atoms with Gasteiger partial charge in [-0.25, -0.2) is 4.68 Å². The molecule has 0 radical (unpaired) electrons. The zero-order valence-corrected chi connectivity index (χ0v) is 19.5. The molecule has 2 heterocycles. The van der Waals surface area contributed by atoms with Crippen LogP contribution in [0.3, 0.4) is 0 Å². The highest BCUT2D eigenvalue weighted by Crippen LogP contribution is 2.60. The Morgan fingerprint density at radius 1 is 0.912 bits per heavy atom. The fourth-order valence-electron chi connectivity index (χ4n) is 7.61. The van der Waals surface area contributed by atoms with E-state index in [0.717, 1.165) is 37.0 Å². The Morgan fingerprint density at radius 2 is 1.47 bits per heavy atom. The SMILES string of the molecule is O=C(c1nn(CCO)c(=O)c2ccccc12)N1CCN(C(=O)C23CC4CC(CC(C4)C2)C3)CC1. The second kappa shape index (κ2) is 8.18. The number of carbonyl (C=O) groups is 2. The topological polar surface area (TPSA) is 95.7 Å². The Hall–Kier alpha value is -2.74. The molecule has 1 saturated heterocycles. The predicted octanol–water partition coefficient (Wildman–Crippen LogP) is 1.89. The first-order chi connectivity index (χ1) is 16.5. The summed E-state index contributed by atoms with van der Waals surface area (Å²) in [6.07, 6.45) is 7.11. The Kier molecular flexibility index (Phi) is 5.24. The number of fused-ring (bicyclic) bond motifs is 1. The van der Waals surface area contributed by atoms with E-state index in [9.17, 15) is 19.5 Å². The van der Waals surface area contributed by atoms with Gasteiger partial charge < -0.3 is 14.9 Å². The first-order valence-electron chi connectivity index (χ1n) is 12.7. The minimum atomic E-state index is -0.313. The molecule has 0 spiro atoms. The standard InChI is InChI=1S/C26H32N4O4/c31-10-9-30-23(32)21-4-2-1-3-20(21)22(27-30)24(33)28-5-7-29(8-6-28)25(34)26-14-17-11-18(15-26)13-19(12-17)16-26/h1-4,17-19,31H,5-16H2. The van der Waals surface area contributed by atoms with Gasteiger partial charge in [0.05, 0.1) is 24.0 Å². The van der Waals surface area contributed by atoms with Crippen molar-refractivity contribution in [1.82, 2.24) is 19.6 Å². The van der Waals surface area contributed by atoms with Crippen molar-refractivity contribution in [1.29, 1.82) is 0 Å². The molecule has 1 N–H and O–H groups in total. The van der Waals surface area contributed by atoms with E-state index in [1.165, 1.54) is 23.9 Å². The Morgan fingerprint density at radius 3 is 2.06 bits per heavy atom. The highest BCUT2D eigenvalue weighted by atomic mass is 16.3. The number of hydrogen-bond acceptors (Lipinski definition) is 5. The molecule has 2 amide bonds. The number of rotatable bonds is 4. The number of benzene rings is 1. The maximum Gasteiger partial charge on any atom is 0.275 e. The summed E-state index contributed by atoms with van der Waals surface area (Å²) in [4.78, 5) is 43.5. The lowest BCUT2D eigenvalue weighted by Crippen LogP contribution is -2.58. The van der Waals surface area contributed by atoms with E-state index >= 15 is 0 Å². The highest BCUT2D eigenvalue weighted by Gasteiger charge is 2.55. The molecule has 4 aliphatic carbocycles. The molecule has 1 aliphatic heterocycles. The molecule has 8 heteroatoms. The van der Waals surface area contributed by atoms with Gasteiger partial charge in [0.1, 0.15) is 0 Å². The van der Waals surface area contributed by atoms with Gasteiger partial charge in [0.15, 0.2) is 5.69 Å². The molecule has 4 saturated carbocycles. The lowest BCUT2D eigenvalue weighted by Gasteiger charge is -2.57. The van der Waals surface area contributed by atoms with Gasteiger partial charge in [0.25, 0.3) is 11.5 Å². The van der Waals surface area contributed by atoms with Gasteiger partial charge in [-0.15, -0.1) is 0 Å². The summed E-state index contributed by atoms with van der Waals surface area (Å²) in [6, 6.07) is 6.98. The van der Waals surface area contributed by atoms with Crippen LogP contribution >= 0.6 is 0 Å². The van der Waals surface area contributed by atoms with Crippen molar-refractivity contribution in [3.8, 4) is 0 Å². The zero-order chi connectivity index (χ0) is 23.4. The van der Waals surface area contributed by atoms with Gasteiger partial charge in [0.2, 0.25) is 5.91 Å². The molecule has 34 heavy (non-hydrogen) atoms. The van der Waals surface area contributed by atoms with Crippen LogP contribution in [0.2, 0.25) is 0 Å². The minimum Gasteiger partial charge on any atom is -0.394 e. The minimum absolute atomic E-state index is 0.0390. The zero-order valence-electron chi connectivity index (χ0n) is 19.5. The lowest BCUT2D eigenvalue weighted by molar-refractivity contribution is -0.159. The van der Waals surface area contributed by atoms with Crippen LogP contribution in [-0.2, 0) is 11.3 Å².